The van der Waals surface area contributed by atoms with E-state index in [1.165, 1.54) is 18.0 Å². The van der Waals surface area contributed by atoms with Crippen molar-refractivity contribution in [1.82, 2.24) is 19.4 Å². The van der Waals surface area contributed by atoms with Crippen molar-refractivity contribution in [1.29, 1.82) is 0 Å². The zero-order valence-corrected chi connectivity index (χ0v) is 15.3. The van der Waals surface area contributed by atoms with E-state index in [1.807, 2.05) is 6.26 Å². The van der Waals surface area contributed by atoms with Crippen LogP contribution in [-0.4, -0.2) is 38.2 Å². The van der Waals surface area contributed by atoms with Gasteiger partial charge in [0.15, 0.2) is 10.8 Å². The minimum Gasteiger partial charge on any atom is -0.462 e. The summed E-state index contributed by atoms with van der Waals surface area (Å²) >= 11 is 1.32. The number of carbonyl (C=O) groups is 1. The molecule has 3 heterocycles. The van der Waals surface area contributed by atoms with E-state index in [0.717, 1.165) is 0 Å². The summed E-state index contributed by atoms with van der Waals surface area (Å²) in [6.45, 7) is 1.74. The number of pyridine rings is 1. The molecule has 9 heteroatoms. The van der Waals surface area contributed by atoms with E-state index in [4.69, 9.17) is 4.74 Å². The fraction of sp³-hybridized carbons (Fsp3) is 0.167. The van der Waals surface area contributed by atoms with Crippen LogP contribution in [0.25, 0.3) is 27.6 Å². The molecular formula is C18H14N4O4S. The second-order valence-electron chi connectivity index (χ2n) is 5.67. The Balaban J connectivity index is 2.35. The molecule has 0 bridgehead atoms. The van der Waals surface area contributed by atoms with E-state index in [1.54, 1.807) is 35.6 Å². The molecule has 0 aliphatic carbocycles. The lowest BCUT2D eigenvalue weighted by atomic mass is 10.1. The van der Waals surface area contributed by atoms with Crippen LogP contribution >= 0.6 is 11.8 Å². The molecule has 0 aliphatic heterocycles. The molecule has 0 spiro atoms. The van der Waals surface area contributed by atoms with Gasteiger partial charge in [-0.25, -0.2) is 14.8 Å². The lowest BCUT2D eigenvalue weighted by Gasteiger charge is -2.13. The van der Waals surface area contributed by atoms with E-state index in [2.05, 4.69) is 15.0 Å². The van der Waals surface area contributed by atoms with Gasteiger partial charge in [0.2, 0.25) is 5.43 Å². The summed E-state index contributed by atoms with van der Waals surface area (Å²) in [7, 11) is 0. The van der Waals surface area contributed by atoms with Crippen molar-refractivity contribution in [3.05, 3.63) is 56.6 Å². The van der Waals surface area contributed by atoms with Crippen molar-refractivity contribution >= 4 is 45.3 Å². The zero-order valence-electron chi connectivity index (χ0n) is 14.5. The van der Waals surface area contributed by atoms with Crippen LogP contribution in [0.2, 0.25) is 0 Å². The number of hydrogen-bond acceptors (Lipinski definition) is 7. The average Bonchev–Trinajstić information content (AvgIpc) is 2.68. The van der Waals surface area contributed by atoms with Crippen LogP contribution in [0.4, 0.5) is 0 Å². The lowest BCUT2D eigenvalue weighted by Crippen LogP contribution is -2.24. The van der Waals surface area contributed by atoms with Crippen molar-refractivity contribution in [2.24, 2.45) is 0 Å². The summed E-state index contributed by atoms with van der Waals surface area (Å²) in [4.78, 5) is 49.3. The number of benzene rings is 1. The number of carbonyl (C=O) groups excluding carboxylic acids is 1. The highest BCUT2D eigenvalue weighted by Crippen LogP contribution is 2.21. The standard InChI is InChI=1S/C18H14N4O4S/c1-3-26-17(25)12-13(23)10-8-19-18(27-2)21-14(10)22-11-7-5-4-6-9(11)16(24)20-15(12)22/h4-8H,3H2,1-2H3,(H,20,24). The Bertz CT molecular complexity index is 1340. The van der Waals surface area contributed by atoms with Crippen molar-refractivity contribution in [2.45, 2.75) is 12.1 Å². The second-order valence-corrected chi connectivity index (χ2v) is 6.45. The smallest absolute Gasteiger partial charge is 0.345 e. The van der Waals surface area contributed by atoms with E-state index in [0.29, 0.717) is 21.7 Å². The Morgan fingerprint density at radius 3 is 2.78 bits per heavy atom. The molecule has 1 N–H and O–H groups in total. The summed E-state index contributed by atoms with van der Waals surface area (Å²) in [6.07, 6.45) is 3.21. The zero-order chi connectivity index (χ0) is 19.1. The van der Waals surface area contributed by atoms with Crippen LogP contribution < -0.4 is 11.0 Å². The number of nitrogens with zero attached hydrogens (tertiary/aromatic N) is 3. The predicted molar refractivity (Wildman–Crippen MR) is 103 cm³/mol. The third-order valence-corrected chi connectivity index (χ3v) is 4.74. The number of para-hydroxylation sites is 1. The number of nitrogens with one attached hydrogen (secondary N) is 1. The van der Waals surface area contributed by atoms with Crippen LogP contribution in [0.15, 0.2) is 45.2 Å². The Morgan fingerprint density at radius 2 is 2.04 bits per heavy atom. The maximum Gasteiger partial charge on any atom is 0.345 e. The maximum atomic E-state index is 13.0. The number of esters is 1. The number of rotatable bonds is 3. The van der Waals surface area contributed by atoms with E-state index < -0.39 is 17.0 Å². The molecule has 27 heavy (non-hydrogen) atoms. The molecule has 0 saturated heterocycles. The van der Waals surface area contributed by atoms with Gasteiger partial charge in [-0.2, -0.15) is 0 Å². The van der Waals surface area contributed by atoms with Gasteiger partial charge in [-0.15, -0.1) is 0 Å². The molecule has 136 valence electrons. The van der Waals surface area contributed by atoms with Gasteiger partial charge in [0, 0.05) is 6.20 Å². The number of hydrogen-bond donors (Lipinski definition) is 1. The molecule has 1 aromatic carbocycles. The minimum absolute atomic E-state index is 0.0559. The molecule has 3 aromatic heterocycles. The van der Waals surface area contributed by atoms with Crippen molar-refractivity contribution in [3.63, 3.8) is 0 Å². The summed E-state index contributed by atoms with van der Waals surface area (Å²) in [5.74, 6) is -0.804. The monoisotopic (exact) mass is 382 g/mol. The summed E-state index contributed by atoms with van der Waals surface area (Å²) in [5, 5.41) is 1.05. The number of H-pyrrole nitrogens is 1. The van der Waals surface area contributed by atoms with Gasteiger partial charge in [-0.1, -0.05) is 23.9 Å². The van der Waals surface area contributed by atoms with Gasteiger partial charge < -0.3 is 9.72 Å². The van der Waals surface area contributed by atoms with Gasteiger partial charge in [0.25, 0.3) is 5.56 Å². The Hall–Kier alpha value is -3.20. The maximum absolute atomic E-state index is 13.0. The summed E-state index contributed by atoms with van der Waals surface area (Å²) < 4.78 is 6.64. The van der Waals surface area contributed by atoms with Gasteiger partial charge in [-0.05, 0) is 25.3 Å². The summed E-state index contributed by atoms with van der Waals surface area (Å²) in [6, 6.07) is 6.91. The van der Waals surface area contributed by atoms with Gasteiger partial charge >= 0.3 is 5.97 Å². The number of ether oxygens (including phenoxy) is 1. The highest BCUT2D eigenvalue weighted by atomic mass is 32.2. The molecular weight excluding hydrogens is 368 g/mol. The molecule has 0 atom stereocenters. The Kier molecular flexibility index (Phi) is 4.15. The SMILES string of the molecule is CCOC(=O)c1c(=O)c2cnc(SC)nc2n2c1[nH]c(=O)c1ccccc12. The first-order chi connectivity index (χ1) is 13.1. The number of aromatic amines is 1. The first-order valence-electron chi connectivity index (χ1n) is 8.14. The first kappa shape index (κ1) is 17.2. The third-order valence-electron chi connectivity index (χ3n) is 4.17. The average molecular weight is 382 g/mol. The summed E-state index contributed by atoms with van der Waals surface area (Å²) in [5.41, 5.74) is -0.336. The number of fused-ring (bicyclic) bond motifs is 5. The second kappa shape index (κ2) is 6.51. The highest BCUT2D eigenvalue weighted by Gasteiger charge is 2.23. The van der Waals surface area contributed by atoms with Crippen LogP contribution in [0.3, 0.4) is 0 Å². The normalized spacial score (nSPS) is 11.3. The van der Waals surface area contributed by atoms with E-state index in [9.17, 15) is 14.4 Å². The van der Waals surface area contributed by atoms with E-state index in [-0.39, 0.29) is 23.2 Å². The minimum atomic E-state index is -0.804. The van der Waals surface area contributed by atoms with Crippen LogP contribution in [0, 0.1) is 0 Å². The van der Waals surface area contributed by atoms with Gasteiger partial charge in [0.1, 0.15) is 11.2 Å². The molecule has 0 fully saturated rings. The van der Waals surface area contributed by atoms with Crippen molar-refractivity contribution in [3.8, 4) is 0 Å². The molecule has 4 aromatic rings. The van der Waals surface area contributed by atoms with Crippen molar-refractivity contribution < 1.29 is 9.53 Å². The lowest BCUT2D eigenvalue weighted by molar-refractivity contribution is 0.0527. The van der Waals surface area contributed by atoms with Crippen molar-refractivity contribution in [2.75, 3.05) is 12.9 Å². The molecule has 4 rings (SSSR count). The Labute approximate surface area is 156 Å². The molecule has 0 unspecified atom stereocenters. The van der Waals surface area contributed by atoms with Crippen LogP contribution in [0.1, 0.15) is 17.3 Å². The van der Waals surface area contributed by atoms with E-state index >= 15 is 0 Å². The topological polar surface area (TPSA) is 106 Å². The van der Waals surface area contributed by atoms with Gasteiger partial charge in [0.05, 0.1) is 22.9 Å². The Morgan fingerprint density at radius 1 is 1.26 bits per heavy atom. The molecule has 0 aliphatic rings. The highest BCUT2D eigenvalue weighted by molar-refractivity contribution is 7.98. The number of thioether (sulfide) groups is 1. The fourth-order valence-electron chi connectivity index (χ4n) is 3.03. The number of aromatic nitrogens is 4. The molecule has 8 nitrogen and oxygen atoms in total. The third kappa shape index (κ3) is 2.58. The fourth-order valence-corrected chi connectivity index (χ4v) is 3.36. The van der Waals surface area contributed by atoms with Crippen LogP contribution in [0.5, 0.6) is 0 Å². The molecule has 0 radical (unpaired) electrons. The van der Waals surface area contributed by atoms with Crippen LogP contribution in [-0.2, 0) is 4.74 Å². The first-order valence-corrected chi connectivity index (χ1v) is 9.37. The molecule has 0 amide bonds. The molecule has 0 saturated carbocycles. The predicted octanol–water partition coefficient (Wildman–Crippen LogP) is 1.98. The quantitative estimate of drug-likeness (QED) is 0.250. The largest absolute Gasteiger partial charge is 0.462 e. The van der Waals surface area contributed by atoms with Gasteiger partial charge in [-0.3, -0.25) is 14.0 Å².